The van der Waals surface area contributed by atoms with Gasteiger partial charge in [-0.2, -0.15) is 0 Å². The summed E-state index contributed by atoms with van der Waals surface area (Å²) < 4.78 is 10.9. The molecule has 0 unspecified atom stereocenters. The van der Waals surface area contributed by atoms with E-state index < -0.39 is 0 Å². The van der Waals surface area contributed by atoms with Crippen LogP contribution in [0.3, 0.4) is 0 Å². The van der Waals surface area contributed by atoms with Crippen molar-refractivity contribution in [3.8, 4) is 5.75 Å². The molecule has 0 spiro atoms. The third-order valence-electron chi connectivity index (χ3n) is 2.89. The molecule has 4 heteroatoms. The lowest BCUT2D eigenvalue weighted by molar-refractivity contribution is 0.243. The normalized spacial score (nSPS) is 10.8. The summed E-state index contributed by atoms with van der Waals surface area (Å²) in [4.78, 5) is 0. The molecule has 0 saturated heterocycles. The van der Waals surface area contributed by atoms with E-state index in [0.29, 0.717) is 6.54 Å². The van der Waals surface area contributed by atoms with E-state index in [9.17, 15) is 0 Å². The van der Waals surface area contributed by atoms with Crippen molar-refractivity contribution in [1.29, 1.82) is 0 Å². The van der Waals surface area contributed by atoms with Gasteiger partial charge in [-0.25, -0.2) is 0 Å². The molecule has 1 aromatic heterocycles. The molecule has 102 valence electrons. The molecule has 0 aliphatic heterocycles. The second kappa shape index (κ2) is 5.78. The van der Waals surface area contributed by atoms with Crippen molar-refractivity contribution in [3.05, 3.63) is 41.3 Å². The number of nitrogens with one attached hydrogen (secondary N) is 1. The van der Waals surface area contributed by atoms with Crippen molar-refractivity contribution in [2.75, 3.05) is 5.32 Å². The van der Waals surface area contributed by atoms with Gasteiger partial charge in [-0.15, -0.1) is 0 Å². The van der Waals surface area contributed by atoms with Gasteiger partial charge in [0.25, 0.3) is 0 Å². The summed E-state index contributed by atoms with van der Waals surface area (Å²) in [5.41, 5.74) is 3.00. The van der Waals surface area contributed by atoms with E-state index in [1.165, 1.54) is 0 Å². The average Bonchev–Trinajstić information content (AvgIpc) is 2.68. The third kappa shape index (κ3) is 3.28. The molecule has 0 aliphatic rings. The van der Waals surface area contributed by atoms with E-state index in [0.717, 1.165) is 28.5 Å². The van der Waals surface area contributed by atoms with Crippen LogP contribution in [0.1, 0.15) is 30.9 Å². The predicted molar refractivity (Wildman–Crippen MR) is 75.5 cm³/mol. The Morgan fingerprint density at radius 1 is 1.26 bits per heavy atom. The van der Waals surface area contributed by atoms with Gasteiger partial charge in [-0.05, 0) is 39.8 Å². The van der Waals surface area contributed by atoms with Crippen LogP contribution < -0.4 is 10.1 Å². The molecular formula is C15H20N2O2. The minimum Gasteiger partial charge on any atom is -0.489 e. The fourth-order valence-electron chi connectivity index (χ4n) is 1.91. The van der Waals surface area contributed by atoms with Crippen LogP contribution in [-0.2, 0) is 6.54 Å². The zero-order chi connectivity index (χ0) is 13.8. The number of hydrogen-bond donors (Lipinski definition) is 1. The SMILES string of the molecule is Cc1noc(C)c1CNc1ccccc1OC(C)C. The van der Waals surface area contributed by atoms with Crippen LogP contribution in [0.4, 0.5) is 5.69 Å². The molecule has 1 heterocycles. The molecule has 0 atom stereocenters. The van der Waals surface area contributed by atoms with E-state index in [-0.39, 0.29) is 6.10 Å². The highest BCUT2D eigenvalue weighted by molar-refractivity contribution is 5.56. The predicted octanol–water partition coefficient (Wildman–Crippen LogP) is 3.69. The van der Waals surface area contributed by atoms with Gasteiger partial charge in [0.15, 0.2) is 0 Å². The molecule has 0 saturated carbocycles. The van der Waals surface area contributed by atoms with Gasteiger partial charge < -0.3 is 14.6 Å². The van der Waals surface area contributed by atoms with Gasteiger partial charge >= 0.3 is 0 Å². The molecule has 19 heavy (non-hydrogen) atoms. The Labute approximate surface area is 113 Å². The molecule has 0 radical (unpaired) electrons. The zero-order valence-electron chi connectivity index (χ0n) is 11.9. The highest BCUT2D eigenvalue weighted by Crippen LogP contribution is 2.26. The second-order valence-corrected chi connectivity index (χ2v) is 4.82. The van der Waals surface area contributed by atoms with E-state index in [1.54, 1.807) is 0 Å². The standard InChI is InChI=1S/C15H20N2O2/c1-10(2)18-15-8-6-5-7-14(15)16-9-13-11(3)17-19-12(13)4/h5-8,10,16H,9H2,1-4H3. The number of aromatic nitrogens is 1. The summed E-state index contributed by atoms with van der Waals surface area (Å²) in [5.74, 6) is 1.72. The molecule has 4 nitrogen and oxygen atoms in total. The number of rotatable bonds is 5. The number of hydrogen-bond acceptors (Lipinski definition) is 4. The van der Waals surface area contributed by atoms with E-state index >= 15 is 0 Å². The maximum absolute atomic E-state index is 5.77. The highest BCUT2D eigenvalue weighted by Gasteiger charge is 2.10. The van der Waals surface area contributed by atoms with Crippen molar-refractivity contribution in [3.63, 3.8) is 0 Å². The van der Waals surface area contributed by atoms with Crippen LogP contribution in [0.25, 0.3) is 0 Å². The topological polar surface area (TPSA) is 47.3 Å². The minimum absolute atomic E-state index is 0.155. The first kappa shape index (κ1) is 13.5. The summed E-state index contributed by atoms with van der Waals surface area (Å²) in [6.45, 7) is 8.59. The molecule has 2 rings (SSSR count). The number of para-hydroxylation sites is 2. The zero-order valence-corrected chi connectivity index (χ0v) is 11.9. The molecule has 0 aliphatic carbocycles. The number of aryl methyl sites for hydroxylation is 2. The molecule has 0 bridgehead atoms. The lowest BCUT2D eigenvalue weighted by atomic mass is 10.2. The number of benzene rings is 1. The Kier molecular flexibility index (Phi) is 4.10. The molecule has 0 fully saturated rings. The van der Waals surface area contributed by atoms with Crippen LogP contribution in [0.5, 0.6) is 5.75 Å². The lowest BCUT2D eigenvalue weighted by Crippen LogP contribution is -2.09. The monoisotopic (exact) mass is 260 g/mol. The molecule has 1 aromatic carbocycles. The Balaban J connectivity index is 2.11. The number of nitrogens with zero attached hydrogens (tertiary/aromatic N) is 1. The van der Waals surface area contributed by atoms with Gasteiger partial charge in [-0.3, -0.25) is 0 Å². The quantitative estimate of drug-likeness (QED) is 0.890. The first-order chi connectivity index (χ1) is 9.08. The summed E-state index contributed by atoms with van der Waals surface area (Å²) in [7, 11) is 0. The Morgan fingerprint density at radius 3 is 2.63 bits per heavy atom. The van der Waals surface area contributed by atoms with E-state index in [2.05, 4.69) is 10.5 Å². The minimum atomic E-state index is 0.155. The van der Waals surface area contributed by atoms with E-state index in [4.69, 9.17) is 9.26 Å². The van der Waals surface area contributed by atoms with Gasteiger partial charge in [0.05, 0.1) is 17.5 Å². The summed E-state index contributed by atoms with van der Waals surface area (Å²) in [6, 6.07) is 7.94. The van der Waals surface area contributed by atoms with Crippen LogP contribution in [-0.4, -0.2) is 11.3 Å². The fourth-order valence-corrected chi connectivity index (χ4v) is 1.91. The van der Waals surface area contributed by atoms with Crippen molar-refractivity contribution in [2.24, 2.45) is 0 Å². The first-order valence-corrected chi connectivity index (χ1v) is 6.49. The van der Waals surface area contributed by atoms with Gasteiger partial charge in [0, 0.05) is 12.1 Å². The van der Waals surface area contributed by atoms with Crippen LogP contribution in [0.2, 0.25) is 0 Å². The summed E-state index contributed by atoms with van der Waals surface area (Å²) in [5, 5.41) is 7.33. The lowest BCUT2D eigenvalue weighted by Gasteiger charge is -2.15. The first-order valence-electron chi connectivity index (χ1n) is 6.49. The Hall–Kier alpha value is -1.97. The van der Waals surface area contributed by atoms with Gasteiger partial charge in [0.1, 0.15) is 11.5 Å². The van der Waals surface area contributed by atoms with Gasteiger partial charge in [-0.1, -0.05) is 17.3 Å². The van der Waals surface area contributed by atoms with Crippen LogP contribution in [0, 0.1) is 13.8 Å². The summed E-state index contributed by atoms with van der Waals surface area (Å²) in [6.07, 6.45) is 0.155. The highest BCUT2D eigenvalue weighted by atomic mass is 16.5. The van der Waals surface area contributed by atoms with Crippen molar-refractivity contribution >= 4 is 5.69 Å². The second-order valence-electron chi connectivity index (χ2n) is 4.82. The maximum atomic E-state index is 5.77. The molecule has 1 N–H and O–H groups in total. The molecular weight excluding hydrogens is 240 g/mol. The van der Waals surface area contributed by atoms with Crippen LogP contribution in [0.15, 0.2) is 28.8 Å². The largest absolute Gasteiger partial charge is 0.489 e. The number of anilines is 1. The fraction of sp³-hybridized carbons (Fsp3) is 0.400. The summed E-state index contributed by atoms with van der Waals surface area (Å²) >= 11 is 0. The van der Waals surface area contributed by atoms with Gasteiger partial charge in [0.2, 0.25) is 0 Å². The Morgan fingerprint density at radius 2 is 2.00 bits per heavy atom. The smallest absolute Gasteiger partial charge is 0.142 e. The number of ether oxygens (including phenoxy) is 1. The Bertz CT molecular complexity index is 527. The van der Waals surface area contributed by atoms with Crippen molar-refractivity contribution in [2.45, 2.75) is 40.3 Å². The van der Waals surface area contributed by atoms with Crippen molar-refractivity contribution < 1.29 is 9.26 Å². The molecule has 2 aromatic rings. The van der Waals surface area contributed by atoms with E-state index in [1.807, 2.05) is 52.0 Å². The van der Waals surface area contributed by atoms with Crippen molar-refractivity contribution in [1.82, 2.24) is 5.16 Å². The third-order valence-corrected chi connectivity index (χ3v) is 2.89. The average molecular weight is 260 g/mol. The maximum Gasteiger partial charge on any atom is 0.142 e. The molecule has 0 amide bonds. The van der Waals surface area contributed by atoms with Crippen LogP contribution >= 0.6 is 0 Å².